The molecule has 0 amide bonds. The van der Waals surface area contributed by atoms with Crippen LogP contribution >= 0.6 is 0 Å². The Balaban J connectivity index is 2.04. The van der Waals surface area contributed by atoms with E-state index in [1.165, 1.54) is 16.4 Å². The van der Waals surface area contributed by atoms with Crippen LogP contribution < -0.4 is 4.73 Å². The molecule has 0 spiro atoms. The van der Waals surface area contributed by atoms with Crippen molar-refractivity contribution in [2.75, 3.05) is 0 Å². The summed E-state index contributed by atoms with van der Waals surface area (Å²) >= 11 is 0. The largest absolute Gasteiger partial charge is 0.618 e. The number of fused-ring (bicyclic) bond motifs is 1. The fraction of sp³-hybridized carbons (Fsp3) is 0.0500. The molecule has 4 aromatic rings. The lowest BCUT2D eigenvalue weighted by Gasteiger charge is -2.07. The lowest BCUT2D eigenvalue weighted by Crippen LogP contribution is -2.28. The normalized spacial score (nSPS) is 11.7. The fourth-order valence-electron chi connectivity index (χ4n) is 3.05. The molecule has 0 unspecified atom stereocenters. The second-order valence-electron chi connectivity index (χ2n) is 6.09. The molecule has 0 aliphatic rings. The van der Waals surface area contributed by atoms with Crippen LogP contribution in [0.2, 0.25) is 0 Å². The van der Waals surface area contributed by atoms with Crippen LogP contribution in [-0.4, -0.2) is 12.4 Å². The minimum Gasteiger partial charge on any atom is -0.618 e. The maximum absolute atomic E-state index is 13.1. The van der Waals surface area contributed by atoms with Gasteiger partial charge >= 0.3 is 0 Å². The summed E-state index contributed by atoms with van der Waals surface area (Å²) in [7, 11) is -3.77. The van der Waals surface area contributed by atoms with E-state index in [2.05, 4.69) is 0 Å². The summed E-state index contributed by atoms with van der Waals surface area (Å²) < 4.78 is 28.2. The first-order valence-corrected chi connectivity index (χ1v) is 9.53. The number of benzene rings is 2. The van der Waals surface area contributed by atoms with Gasteiger partial charge in [-0.2, -0.15) is 4.73 Å². The molecular formula is C20H16N2O3S. The number of hydrogen-bond acceptors (Lipinski definition) is 3. The Hall–Kier alpha value is -3.12. The highest BCUT2D eigenvalue weighted by Gasteiger charge is 2.24. The number of pyridine rings is 1. The third-order valence-corrected chi connectivity index (χ3v) is 6.02. The predicted octanol–water partition coefficient (Wildman–Crippen LogP) is 3.49. The Bertz CT molecular complexity index is 1210. The second-order valence-corrected chi connectivity index (χ2v) is 7.90. The van der Waals surface area contributed by atoms with Gasteiger partial charge in [0.05, 0.1) is 16.0 Å². The first-order chi connectivity index (χ1) is 12.5. The quantitative estimate of drug-likeness (QED) is 0.413. The Morgan fingerprint density at radius 1 is 0.962 bits per heavy atom. The minimum absolute atomic E-state index is 0.201. The van der Waals surface area contributed by atoms with Crippen molar-refractivity contribution in [1.82, 2.24) is 3.97 Å². The molecule has 0 bridgehead atoms. The summed E-state index contributed by atoms with van der Waals surface area (Å²) in [5.41, 5.74) is 2.46. The summed E-state index contributed by atoms with van der Waals surface area (Å²) in [6.45, 7) is 1.89. The van der Waals surface area contributed by atoms with E-state index in [1.54, 1.807) is 54.6 Å². The summed E-state index contributed by atoms with van der Waals surface area (Å²) in [6.07, 6.45) is 2.96. The zero-order valence-corrected chi connectivity index (χ0v) is 14.8. The molecular weight excluding hydrogens is 348 g/mol. The smallest absolute Gasteiger partial charge is 0.268 e. The van der Waals surface area contributed by atoms with Crippen LogP contribution in [0.15, 0.2) is 84.0 Å². The van der Waals surface area contributed by atoms with Crippen molar-refractivity contribution in [2.45, 2.75) is 11.8 Å². The van der Waals surface area contributed by atoms with Gasteiger partial charge in [0.25, 0.3) is 10.0 Å². The third-order valence-electron chi connectivity index (χ3n) is 4.33. The average Bonchev–Trinajstić information content (AvgIpc) is 3.05. The van der Waals surface area contributed by atoms with Crippen LogP contribution in [0, 0.1) is 12.1 Å². The second kappa shape index (κ2) is 6.00. The summed E-state index contributed by atoms with van der Waals surface area (Å²) in [6, 6.07) is 18.9. The van der Waals surface area contributed by atoms with Crippen molar-refractivity contribution in [2.24, 2.45) is 0 Å². The Morgan fingerprint density at radius 2 is 1.65 bits per heavy atom. The summed E-state index contributed by atoms with van der Waals surface area (Å²) in [4.78, 5) is 0.201. The van der Waals surface area contributed by atoms with Gasteiger partial charge in [0.15, 0.2) is 6.20 Å². The number of hydrogen-bond donors (Lipinski definition) is 0. The predicted molar refractivity (Wildman–Crippen MR) is 100 cm³/mol. The van der Waals surface area contributed by atoms with Gasteiger partial charge in [-0.1, -0.05) is 36.4 Å². The number of nitrogens with zero attached hydrogens (tertiary/aromatic N) is 2. The van der Waals surface area contributed by atoms with Gasteiger partial charge in [0, 0.05) is 23.7 Å². The molecule has 5 nitrogen and oxygen atoms in total. The number of aryl methyl sites for hydroxylation is 1. The highest BCUT2D eigenvalue weighted by Crippen LogP contribution is 2.31. The Kier molecular flexibility index (Phi) is 3.77. The first-order valence-electron chi connectivity index (χ1n) is 8.09. The SMILES string of the molecule is Cc1cc[n+]([O-])c(-c2cn(S(=O)(=O)c3ccccc3)c3ccccc23)c1. The monoisotopic (exact) mass is 364 g/mol. The zero-order chi connectivity index (χ0) is 18.3. The minimum atomic E-state index is -3.77. The molecule has 26 heavy (non-hydrogen) atoms. The Labute approximate surface area is 151 Å². The molecule has 6 heteroatoms. The van der Waals surface area contributed by atoms with Gasteiger partial charge in [0.1, 0.15) is 0 Å². The molecule has 4 rings (SSSR count). The lowest BCUT2D eigenvalue weighted by atomic mass is 10.1. The lowest BCUT2D eigenvalue weighted by molar-refractivity contribution is -0.593. The van der Waals surface area contributed by atoms with E-state index >= 15 is 0 Å². The van der Waals surface area contributed by atoms with Crippen LogP contribution in [-0.2, 0) is 10.0 Å². The molecule has 0 N–H and O–H groups in total. The van der Waals surface area contributed by atoms with Gasteiger partial charge in [-0.25, -0.2) is 12.4 Å². The van der Waals surface area contributed by atoms with Gasteiger partial charge < -0.3 is 5.21 Å². The average molecular weight is 364 g/mol. The fourth-order valence-corrected chi connectivity index (χ4v) is 4.44. The van der Waals surface area contributed by atoms with Crippen LogP contribution in [0.5, 0.6) is 0 Å². The molecule has 0 saturated heterocycles. The van der Waals surface area contributed by atoms with Crippen LogP contribution in [0.25, 0.3) is 22.2 Å². The highest BCUT2D eigenvalue weighted by atomic mass is 32.2. The van der Waals surface area contributed by atoms with Crippen LogP contribution in [0.4, 0.5) is 0 Å². The molecule has 0 aliphatic carbocycles. The van der Waals surface area contributed by atoms with E-state index in [-0.39, 0.29) is 4.90 Å². The van der Waals surface area contributed by atoms with Gasteiger partial charge in [-0.3, -0.25) is 0 Å². The van der Waals surface area contributed by atoms with Crippen molar-refractivity contribution in [3.63, 3.8) is 0 Å². The third kappa shape index (κ3) is 2.55. The van der Waals surface area contributed by atoms with Crippen molar-refractivity contribution in [3.05, 3.63) is 89.9 Å². The van der Waals surface area contributed by atoms with Crippen LogP contribution in [0.1, 0.15) is 5.56 Å². The van der Waals surface area contributed by atoms with Gasteiger partial charge in [-0.05, 0) is 30.7 Å². The molecule has 0 aliphatic heterocycles. The molecule has 130 valence electrons. The number of rotatable bonds is 3. The maximum Gasteiger partial charge on any atom is 0.268 e. The van der Waals surface area contributed by atoms with E-state index < -0.39 is 10.0 Å². The number of para-hydroxylation sites is 1. The summed E-state index contributed by atoms with van der Waals surface area (Å²) in [5.74, 6) is 0. The van der Waals surface area contributed by atoms with E-state index in [4.69, 9.17) is 0 Å². The molecule has 0 fully saturated rings. The van der Waals surface area contributed by atoms with Crippen LogP contribution in [0.3, 0.4) is 0 Å². The maximum atomic E-state index is 13.1. The first kappa shape index (κ1) is 16.4. The number of aromatic nitrogens is 2. The molecule has 2 aromatic heterocycles. The van der Waals surface area contributed by atoms with E-state index in [0.29, 0.717) is 22.2 Å². The van der Waals surface area contributed by atoms with Crippen molar-refractivity contribution >= 4 is 20.9 Å². The van der Waals surface area contributed by atoms with E-state index in [1.807, 2.05) is 19.1 Å². The molecule has 0 atom stereocenters. The van der Waals surface area contributed by atoms with E-state index in [9.17, 15) is 13.6 Å². The Morgan fingerprint density at radius 3 is 2.42 bits per heavy atom. The van der Waals surface area contributed by atoms with Crippen molar-refractivity contribution in [1.29, 1.82) is 0 Å². The molecule has 0 saturated carbocycles. The standard InChI is InChI=1S/C20H16N2O3S/c1-15-11-12-21(23)20(13-15)18-14-22(19-10-6-5-9-17(18)19)26(24,25)16-7-3-2-4-8-16/h2-14H,1H3. The highest BCUT2D eigenvalue weighted by molar-refractivity contribution is 7.90. The zero-order valence-electron chi connectivity index (χ0n) is 14.0. The van der Waals surface area contributed by atoms with E-state index in [0.717, 1.165) is 10.3 Å². The van der Waals surface area contributed by atoms with Crippen molar-refractivity contribution in [3.8, 4) is 11.3 Å². The topological polar surface area (TPSA) is 66.0 Å². The molecule has 0 radical (unpaired) electrons. The molecule has 2 aromatic carbocycles. The molecule has 2 heterocycles. The van der Waals surface area contributed by atoms with Crippen molar-refractivity contribution < 1.29 is 13.1 Å². The van der Waals surface area contributed by atoms with Gasteiger partial charge in [-0.15, -0.1) is 0 Å². The summed E-state index contributed by atoms with van der Waals surface area (Å²) in [5, 5.41) is 13.0. The van der Waals surface area contributed by atoms with Gasteiger partial charge in [0.2, 0.25) is 5.69 Å².